The van der Waals surface area contributed by atoms with Crippen LogP contribution < -0.4 is 18.9 Å². The van der Waals surface area contributed by atoms with Crippen LogP contribution in [0.3, 0.4) is 0 Å². The van der Waals surface area contributed by atoms with Gasteiger partial charge in [0, 0.05) is 12.2 Å². The van der Waals surface area contributed by atoms with E-state index in [-0.39, 0.29) is 59.0 Å². The van der Waals surface area contributed by atoms with Crippen molar-refractivity contribution in [2.45, 2.75) is 55.6 Å². The van der Waals surface area contributed by atoms with Gasteiger partial charge in [0.05, 0.1) is 39.4 Å². The monoisotopic (exact) mass is 688 g/mol. The van der Waals surface area contributed by atoms with Crippen molar-refractivity contribution in [2.75, 3.05) is 41.2 Å². The molecule has 0 amide bonds. The number of benzene rings is 3. The van der Waals surface area contributed by atoms with Gasteiger partial charge in [-0.05, 0) is 54.3 Å². The fraction of sp³-hybridized carbons (Fsp3) is 0.441. The number of aryl methyl sites for hydroxylation is 1. The Kier molecular flexibility index (Phi) is 11.2. The van der Waals surface area contributed by atoms with Crippen LogP contribution >= 0.6 is 0 Å². The molecule has 15 nitrogen and oxygen atoms in total. The number of rotatable bonds is 13. The first kappa shape index (κ1) is 35.8. The van der Waals surface area contributed by atoms with Gasteiger partial charge in [0.25, 0.3) is 0 Å². The maximum absolute atomic E-state index is 12.9. The van der Waals surface area contributed by atoms with E-state index in [2.05, 4.69) is 0 Å². The zero-order valence-corrected chi connectivity index (χ0v) is 27.0. The molecule has 3 aromatic carbocycles. The van der Waals surface area contributed by atoms with E-state index < -0.39 is 55.3 Å². The molecule has 2 aliphatic rings. The average Bonchev–Trinajstić information content (AvgIpc) is 3.47. The molecule has 0 bridgehead atoms. The Balaban J connectivity index is 1.35. The van der Waals surface area contributed by atoms with Gasteiger partial charge in [0.2, 0.25) is 5.75 Å². The van der Waals surface area contributed by atoms with E-state index in [1.807, 2.05) is 6.07 Å². The molecule has 0 unspecified atom stereocenters. The van der Waals surface area contributed by atoms with E-state index in [1.54, 1.807) is 18.2 Å². The summed E-state index contributed by atoms with van der Waals surface area (Å²) in [7, 11) is 3.99. The Morgan fingerprint density at radius 3 is 2.16 bits per heavy atom. The lowest BCUT2D eigenvalue weighted by molar-refractivity contribution is -0.302. The molecule has 2 heterocycles. The highest BCUT2D eigenvalue weighted by atomic mass is 16.7. The van der Waals surface area contributed by atoms with Crippen molar-refractivity contribution in [3.63, 3.8) is 0 Å². The summed E-state index contributed by atoms with van der Waals surface area (Å²) >= 11 is 0. The molecule has 5 rings (SSSR count). The van der Waals surface area contributed by atoms with Gasteiger partial charge in [-0.25, -0.2) is 4.79 Å². The fourth-order valence-electron chi connectivity index (χ4n) is 5.89. The number of hydrogen-bond acceptors (Lipinski definition) is 15. The Labute approximate surface area is 281 Å². The molecule has 49 heavy (non-hydrogen) atoms. The van der Waals surface area contributed by atoms with Gasteiger partial charge in [-0.15, -0.1) is 0 Å². The van der Waals surface area contributed by atoms with Gasteiger partial charge in [0.15, 0.2) is 40.8 Å². The lowest BCUT2D eigenvalue weighted by atomic mass is 9.90. The van der Waals surface area contributed by atoms with Crippen molar-refractivity contribution >= 4 is 5.97 Å². The second kappa shape index (κ2) is 15.4. The zero-order valence-electron chi connectivity index (χ0n) is 27.0. The number of carbonyl (C=O) groups excluding carboxylic acids is 1. The SMILES string of the molecule is COc1cc([C@@H]2Oc3c(O)cc(CCCO)cc3[C@H]2CO[C@H]2O[C@@H](COC(=O)c3cc(OC)c(O)c(OC)c3)[C@H](O)[C@@H](O)[C@@H]2O)ccc1O. The van der Waals surface area contributed by atoms with E-state index in [4.69, 9.17) is 33.2 Å². The highest BCUT2D eigenvalue weighted by Crippen LogP contribution is 2.51. The number of carbonyl (C=O) groups is 1. The standard InChI is InChI=1S/C34H40O15/c1-43-23-11-17(6-7-21(23)36)31-20(19-9-16(5-4-8-35)10-22(37)32(19)49-31)14-47-34-30(41)29(40)28(39)26(48-34)15-46-33(42)18-12-24(44-2)27(38)25(13-18)45-3/h6-7,9-13,20,26,28-31,34-41H,4-5,8,14-15H2,1-3H3/t20-,26+,28+,29-,30+,31+,34+/m1/s1. The average molecular weight is 689 g/mol. The number of phenols is 3. The molecule has 7 N–H and O–H groups in total. The second-order valence-corrected chi connectivity index (χ2v) is 11.6. The minimum absolute atomic E-state index is 0.0383. The van der Waals surface area contributed by atoms with Crippen molar-refractivity contribution < 1.29 is 73.7 Å². The highest BCUT2D eigenvalue weighted by Gasteiger charge is 2.46. The largest absolute Gasteiger partial charge is 0.504 e. The number of aromatic hydroxyl groups is 3. The minimum atomic E-state index is -1.74. The number of phenolic OH excluding ortho intramolecular Hbond substituents is 3. The third kappa shape index (κ3) is 7.41. The van der Waals surface area contributed by atoms with Crippen LogP contribution in [0.15, 0.2) is 42.5 Å². The van der Waals surface area contributed by atoms with Crippen molar-refractivity contribution in [3.8, 4) is 40.2 Å². The van der Waals surface area contributed by atoms with E-state index >= 15 is 0 Å². The second-order valence-electron chi connectivity index (χ2n) is 11.6. The third-order valence-electron chi connectivity index (χ3n) is 8.53. The Hall–Kier alpha value is -4.51. The number of methoxy groups -OCH3 is 3. The lowest BCUT2D eigenvalue weighted by Gasteiger charge is -2.40. The normalized spacial score (nSPS) is 24.5. The van der Waals surface area contributed by atoms with Crippen molar-refractivity contribution in [3.05, 3.63) is 64.7 Å². The Morgan fingerprint density at radius 2 is 1.51 bits per heavy atom. The molecule has 3 aromatic rings. The predicted octanol–water partition coefficient (Wildman–Crippen LogP) is 1.65. The molecule has 15 heteroatoms. The van der Waals surface area contributed by atoms with E-state index in [9.17, 15) is 40.5 Å². The molecule has 2 aliphatic heterocycles. The number of aliphatic hydroxyl groups excluding tert-OH is 4. The Bertz CT molecular complexity index is 1600. The van der Waals surface area contributed by atoms with Crippen LogP contribution in [0.1, 0.15) is 45.5 Å². The number of ether oxygens (including phenoxy) is 7. The number of esters is 1. The molecule has 266 valence electrons. The van der Waals surface area contributed by atoms with E-state index in [0.29, 0.717) is 24.0 Å². The van der Waals surface area contributed by atoms with Crippen molar-refractivity contribution in [2.24, 2.45) is 0 Å². The van der Waals surface area contributed by atoms with Gasteiger partial charge in [-0.1, -0.05) is 12.1 Å². The first-order valence-electron chi connectivity index (χ1n) is 15.4. The predicted molar refractivity (Wildman–Crippen MR) is 168 cm³/mol. The van der Waals surface area contributed by atoms with Crippen LogP contribution in [0.25, 0.3) is 0 Å². The molecule has 0 spiro atoms. The van der Waals surface area contributed by atoms with Crippen LogP contribution in [0.2, 0.25) is 0 Å². The molecule has 0 radical (unpaired) electrons. The topological polar surface area (TPSA) is 223 Å². The van der Waals surface area contributed by atoms with Gasteiger partial charge >= 0.3 is 5.97 Å². The molecule has 0 aliphatic carbocycles. The van der Waals surface area contributed by atoms with Gasteiger partial charge in [0.1, 0.15) is 37.1 Å². The van der Waals surface area contributed by atoms with Crippen LogP contribution in [-0.4, -0.2) is 114 Å². The molecular weight excluding hydrogens is 648 g/mol. The summed E-state index contributed by atoms with van der Waals surface area (Å²) in [6.07, 6.45) is -7.77. The lowest BCUT2D eigenvalue weighted by Crippen LogP contribution is -2.59. The number of fused-ring (bicyclic) bond motifs is 1. The molecule has 7 atom stereocenters. The summed E-state index contributed by atoms with van der Waals surface area (Å²) in [5.41, 5.74) is 1.84. The quantitative estimate of drug-likeness (QED) is 0.127. The van der Waals surface area contributed by atoms with Crippen molar-refractivity contribution in [1.82, 2.24) is 0 Å². The third-order valence-corrected chi connectivity index (χ3v) is 8.53. The number of aliphatic hydroxyl groups is 4. The fourth-order valence-corrected chi connectivity index (χ4v) is 5.89. The first-order chi connectivity index (χ1) is 23.5. The summed E-state index contributed by atoms with van der Waals surface area (Å²) < 4.78 is 38.8. The van der Waals surface area contributed by atoms with Crippen LogP contribution in [0.4, 0.5) is 0 Å². The van der Waals surface area contributed by atoms with Crippen LogP contribution in [0.5, 0.6) is 40.2 Å². The van der Waals surface area contributed by atoms with E-state index in [1.165, 1.54) is 39.5 Å². The van der Waals surface area contributed by atoms with Crippen molar-refractivity contribution in [1.29, 1.82) is 0 Å². The maximum Gasteiger partial charge on any atom is 0.338 e. The number of hydrogen-bond donors (Lipinski definition) is 7. The summed E-state index contributed by atoms with van der Waals surface area (Å²) in [6.45, 7) is -0.786. The summed E-state index contributed by atoms with van der Waals surface area (Å²) in [5.74, 6) is -1.73. The molecule has 1 saturated heterocycles. The maximum atomic E-state index is 12.9. The highest BCUT2D eigenvalue weighted by molar-refractivity contribution is 5.91. The van der Waals surface area contributed by atoms with Gasteiger partial charge in [-0.3, -0.25) is 0 Å². The first-order valence-corrected chi connectivity index (χ1v) is 15.4. The summed E-state index contributed by atoms with van der Waals surface area (Å²) in [5, 5.41) is 72.6. The Morgan fingerprint density at radius 1 is 0.816 bits per heavy atom. The summed E-state index contributed by atoms with van der Waals surface area (Å²) in [4.78, 5) is 12.9. The molecule has 0 saturated carbocycles. The van der Waals surface area contributed by atoms with Gasteiger partial charge < -0.3 is 68.9 Å². The molecule has 1 fully saturated rings. The zero-order chi connectivity index (χ0) is 35.4. The smallest absolute Gasteiger partial charge is 0.338 e. The molecular formula is C34H40O15. The van der Waals surface area contributed by atoms with Crippen LogP contribution in [0, 0.1) is 0 Å². The molecule has 0 aromatic heterocycles. The minimum Gasteiger partial charge on any atom is -0.504 e. The van der Waals surface area contributed by atoms with E-state index in [0.717, 1.165) is 5.56 Å². The van der Waals surface area contributed by atoms with Crippen LogP contribution in [-0.2, 0) is 20.6 Å². The van der Waals surface area contributed by atoms with Gasteiger partial charge in [-0.2, -0.15) is 0 Å². The summed E-state index contributed by atoms with van der Waals surface area (Å²) in [6, 6.07) is 10.5.